The molecule has 0 saturated heterocycles. The van der Waals surface area contributed by atoms with Gasteiger partial charge >= 0.3 is 5.97 Å². The van der Waals surface area contributed by atoms with Crippen LogP contribution in [0.25, 0.3) is 0 Å². The van der Waals surface area contributed by atoms with Crippen molar-refractivity contribution in [3.8, 4) is 0 Å². The average molecular weight is 256 g/mol. The van der Waals surface area contributed by atoms with E-state index in [-0.39, 0.29) is 5.71 Å². The molecule has 0 atom stereocenters. The van der Waals surface area contributed by atoms with E-state index in [1.54, 1.807) is 19.2 Å². The molecule has 0 saturated carbocycles. The molecule has 0 amide bonds. The molecule has 4 heteroatoms. The van der Waals surface area contributed by atoms with Crippen molar-refractivity contribution in [1.29, 1.82) is 0 Å². The highest BCUT2D eigenvalue weighted by Crippen LogP contribution is 2.25. The van der Waals surface area contributed by atoms with E-state index in [9.17, 15) is 4.79 Å². The molecule has 1 heterocycles. The van der Waals surface area contributed by atoms with Crippen LogP contribution in [0.4, 0.5) is 5.69 Å². The molecule has 0 aliphatic carbocycles. The van der Waals surface area contributed by atoms with Crippen molar-refractivity contribution in [3.05, 3.63) is 54.5 Å². The van der Waals surface area contributed by atoms with Crippen molar-refractivity contribution >= 4 is 17.4 Å². The number of hydrogen-bond acceptors (Lipinski definition) is 4. The van der Waals surface area contributed by atoms with E-state index >= 15 is 0 Å². The fourth-order valence-corrected chi connectivity index (χ4v) is 1.83. The summed E-state index contributed by atoms with van der Waals surface area (Å²) in [6.07, 6.45) is 3.42. The summed E-state index contributed by atoms with van der Waals surface area (Å²) >= 11 is 0. The van der Waals surface area contributed by atoms with Crippen LogP contribution in [0.3, 0.4) is 0 Å². The molecule has 0 fully saturated rings. The van der Waals surface area contributed by atoms with Gasteiger partial charge in [0.1, 0.15) is 5.82 Å². The molecule has 0 bridgehead atoms. The topological polar surface area (TPSA) is 41.9 Å². The molecule has 0 N–H and O–H groups in total. The molecule has 98 valence electrons. The first kappa shape index (κ1) is 13.1. The summed E-state index contributed by atoms with van der Waals surface area (Å²) in [6, 6.07) is 7.92. The second-order valence-corrected chi connectivity index (χ2v) is 4.11. The van der Waals surface area contributed by atoms with E-state index in [0.717, 1.165) is 11.3 Å². The number of hydrogen-bond donors (Lipinski definition) is 0. The van der Waals surface area contributed by atoms with Gasteiger partial charge in [0.2, 0.25) is 0 Å². The molecule has 1 aliphatic rings. The Hall–Kier alpha value is -2.36. The number of aryl methyl sites for hydroxylation is 1. The van der Waals surface area contributed by atoms with Crippen LogP contribution < -0.4 is 4.90 Å². The highest BCUT2D eigenvalue weighted by molar-refractivity contribution is 6.41. The minimum Gasteiger partial charge on any atom is -0.461 e. The van der Waals surface area contributed by atoms with Gasteiger partial charge in [-0.2, -0.15) is 0 Å². The molecule has 1 aromatic carbocycles. The number of benzene rings is 1. The number of anilines is 1. The summed E-state index contributed by atoms with van der Waals surface area (Å²) < 4.78 is 4.91. The van der Waals surface area contributed by atoms with E-state index in [1.807, 2.05) is 36.1 Å². The number of para-hydroxylation sites is 1. The van der Waals surface area contributed by atoms with Crippen molar-refractivity contribution in [1.82, 2.24) is 0 Å². The molecule has 19 heavy (non-hydrogen) atoms. The Morgan fingerprint density at radius 1 is 1.42 bits per heavy atom. The molecule has 0 unspecified atom stereocenters. The second kappa shape index (κ2) is 5.52. The third-order valence-corrected chi connectivity index (χ3v) is 2.77. The largest absolute Gasteiger partial charge is 0.461 e. The van der Waals surface area contributed by atoms with Gasteiger partial charge in [-0.05, 0) is 31.6 Å². The van der Waals surface area contributed by atoms with Crippen molar-refractivity contribution in [2.75, 3.05) is 11.5 Å². The van der Waals surface area contributed by atoms with Gasteiger partial charge < -0.3 is 9.64 Å². The van der Waals surface area contributed by atoms with Crippen molar-refractivity contribution in [2.24, 2.45) is 4.99 Å². The van der Waals surface area contributed by atoms with Crippen LogP contribution >= 0.6 is 0 Å². The van der Waals surface area contributed by atoms with Gasteiger partial charge in [0, 0.05) is 11.9 Å². The number of carbonyl (C=O) groups is 1. The molecule has 0 spiro atoms. The zero-order chi connectivity index (χ0) is 13.8. The van der Waals surface area contributed by atoms with Crippen LogP contribution in [-0.2, 0) is 9.53 Å². The normalized spacial score (nSPS) is 14.3. The summed E-state index contributed by atoms with van der Waals surface area (Å²) in [7, 11) is 0. The fourth-order valence-electron chi connectivity index (χ4n) is 1.83. The van der Waals surface area contributed by atoms with E-state index in [1.165, 1.54) is 0 Å². The molecule has 0 radical (unpaired) electrons. The maximum atomic E-state index is 11.6. The summed E-state index contributed by atoms with van der Waals surface area (Å²) in [5, 5.41) is 0. The highest BCUT2D eigenvalue weighted by Gasteiger charge is 2.18. The molecule has 1 aromatic rings. The summed E-state index contributed by atoms with van der Waals surface area (Å²) in [4.78, 5) is 17.6. The molecule has 1 aliphatic heterocycles. The smallest absolute Gasteiger partial charge is 0.357 e. The van der Waals surface area contributed by atoms with Crippen LogP contribution in [0.15, 0.2) is 53.9 Å². The van der Waals surface area contributed by atoms with Gasteiger partial charge in [-0.1, -0.05) is 24.8 Å². The van der Waals surface area contributed by atoms with Gasteiger partial charge in [-0.25, -0.2) is 9.79 Å². The fraction of sp³-hybridized carbons (Fsp3) is 0.200. The minimum absolute atomic E-state index is 0.275. The molecular weight excluding hydrogens is 240 g/mol. The second-order valence-electron chi connectivity index (χ2n) is 4.11. The van der Waals surface area contributed by atoms with Gasteiger partial charge in [-0.3, -0.25) is 0 Å². The van der Waals surface area contributed by atoms with Crippen LogP contribution in [0.1, 0.15) is 12.5 Å². The Morgan fingerprint density at radius 3 is 2.79 bits per heavy atom. The summed E-state index contributed by atoms with van der Waals surface area (Å²) in [6.45, 7) is 8.00. The maximum Gasteiger partial charge on any atom is 0.357 e. The number of rotatable bonds is 3. The lowest BCUT2D eigenvalue weighted by Gasteiger charge is -2.24. The van der Waals surface area contributed by atoms with Crippen LogP contribution in [-0.4, -0.2) is 18.3 Å². The average Bonchev–Trinajstić information content (AvgIpc) is 2.40. The first-order valence-corrected chi connectivity index (χ1v) is 6.11. The first-order valence-electron chi connectivity index (χ1n) is 6.11. The maximum absolute atomic E-state index is 11.6. The first-order chi connectivity index (χ1) is 9.13. The summed E-state index contributed by atoms with van der Waals surface area (Å²) in [5.74, 6) is 0.0733. The van der Waals surface area contributed by atoms with Crippen LogP contribution in [0, 0.1) is 6.92 Å². The number of aliphatic imine (C=N–C) groups is 1. The van der Waals surface area contributed by atoms with E-state index in [4.69, 9.17) is 4.74 Å². The third kappa shape index (κ3) is 2.73. The number of carbonyl (C=O) groups excluding carboxylic acids is 1. The lowest BCUT2D eigenvalue weighted by molar-refractivity contribution is -0.134. The van der Waals surface area contributed by atoms with Gasteiger partial charge in [-0.15, -0.1) is 0 Å². The van der Waals surface area contributed by atoms with Crippen molar-refractivity contribution in [2.45, 2.75) is 13.8 Å². The third-order valence-electron chi connectivity index (χ3n) is 2.77. The number of nitrogens with zero attached hydrogens (tertiary/aromatic N) is 2. The molecular formula is C15H16N2O2. The van der Waals surface area contributed by atoms with Crippen molar-refractivity contribution < 1.29 is 9.53 Å². The Kier molecular flexibility index (Phi) is 3.80. The molecule has 2 rings (SSSR count). The van der Waals surface area contributed by atoms with Gasteiger partial charge in [0.15, 0.2) is 5.71 Å². The van der Waals surface area contributed by atoms with Crippen molar-refractivity contribution in [3.63, 3.8) is 0 Å². The van der Waals surface area contributed by atoms with E-state index in [2.05, 4.69) is 11.6 Å². The zero-order valence-corrected chi connectivity index (χ0v) is 11.1. The van der Waals surface area contributed by atoms with Gasteiger partial charge in [0.25, 0.3) is 0 Å². The number of esters is 1. The standard InChI is InChI=1S/C15H16N2O2/c1-4-19-15(18)13-9-10-17(12(3)16-13)14-8-6-5-7-11(14)2/h5-10H,3-4H2,1-2H3. The predicted octanol–water partition coefficient (Wildman–Crippen LogP) is 2.80. The zero-order valence-electron chi connectivity index (χ0n) is 11.1. The minimum atomic E-state index is -0.427. The Labute approximate surface area is 112 Å². The lowest BCUT2D eigenvalue weighted by atomic mass is 10.2. The van der Waals surface area contributed by atoms with Crippen LogP contribution in [0.2, 0.25) is 0 Å². The van der Waals surface area contributed by atoms with Crippen LogP contribution in [0.5, 0.6) is 0 Å². The molecule has 0 aromatic heterocycles. The highest BCUT2D eigenvalue weighted by atomic mass is 16.5. The Morgan fingerprint density at radius 2 is 2.16 bits per heavy atom. The van der Waals surface area contributed by atoms with E-state index < -0.39 is 5.97 Å². The predicted molar refractivity (Wildman–Crippen MR) is 76.0 cm³/mol. The Balaban J connectivity index is 2.23. The lowest BCUT2D eigenvalue weighted by Crippen LogP contribution is -2.24. The number of ether oxygens (including phenoxy) is 1. The van der Waals surface area contributed by atoms with E-state index in [0.29, 0.717) is 12.4 Å². The SMILES string of the molecule is C=C1N=C(C(=O)OCC)C=CN1c1ccccc1C. The molecule has 4 nitrogen and oxygen atoms in total. The van der Waals surface area contributed by atoms with Gasteiger partial charge in [0.05, 0.1) is 6.61 Å². The monoisotopic (exact) mass is 256 g/mol. The quantitative estimate of drug-likeness (QED) is 0.781. The summed E-state index contributed by atoms with van der Waals surface area (Å²) in [5.41, 5.74) is 2.38. The Bertz CT molecular complexity index is 573.